The summed E-state index contributed by atoms with van der Waals surface area (Å²) in [6.45, 7) is 10.0. The molecule has 2 heterocycles. The van der Waals surface area contributed by atoms with Gasteiger partial charge in [-0.15, -0.1) is 0 Å². The third-order valence-electron chi connectivity index (χ3n) is 16.4. The Morgan fingerprint density at radius 2 is 0.646 bits per heavy atom. The molecule has 10 aromatic carbocycles. The largest absolute Gasteiger partial charge is 0.497 e. The average Bonchev–Trinajstić information content (AvgIpc) is 0.758. The van der Waals surface area contributed by atoms with Crippen molar-refractivity contribution in [3.05, 3.63) is 258 Å². The van der Waals surface area contributed by atoms with Crippen LogP contribution in [0.5, 0.6) is 69.0 Å². The van der Waals surface area contributed by atoms with Crippen LogP contribution in [0.3, 0.4) is 0 Å². The van der Waals surface area contributed by atoms with Crippen LogP contribution in [-0.4, -0.2) is 71.7 Å². The van der Waals surface area contributed by atoms with Crippen LogP contribution in [-0.2, 0) is 26.1 Å². The van der Waals surface area contributed by atoms with Gasteiger partial charge in [0.05, 0.1) is 85.8 Å². The van der Waals surface area contributed by atoms with Crippen molar-refractivity contribution in [2.45, 2.75) is 77.4 Å². The number of sulfone groups is 2. The van der Waals surface area contributed by atoms with E-state index in [1.807, 2.05) is 138 Å². The second-order valence-corrected chi connectivity index (χ2v) is 27.8. The van der Waals surface area contributed by atoms with Crippen LogP contribution in [0.4, 0.5) is 17.1 Å². The lowest BCUT2D eigenvalue weighted by atomic mass is 10.00. The number of nitrogens with zero attached hydrogens (tertiary/aromatic N) is 1. The van der Waals surface area contributed by atoms with Gasteiger partial charge < -0.3 is 52.3 Å². The summed E-state index contributed by atoms with van der Waals surface area (Å²) in [5, 5.41) is 0. The Kier molecular flexibility index (Phi) is 25.2. The Bertz CT molecular complexity index is 4430. The highest BCUT2D eigenvalue weighted by atomic mass is 79.9. The molecule has 0 saturated heterocycles. The second kappa shape index (κ2) is 34.9. The minimum atomic E-state index is -3.75. The zero-order valence-corrected chi connectivity index (χ0v) is 59.1. The highest BCUT2D eigenvalue weighted by Crippen LogP contribution is 2.52. The minimum absolute atomic E-state index is 0.195. The van der Waals surface area contributed by atoms with Gasteiger partial charge in [-0.25, -0.2) is 16.8 Å². The molecule has 0 radical (unpaired) electrons. The van der Waals surface area contributed by atoms with Gasteiger partial charge in [0.2, 0.25) is 19.7 Å². The van der Waals surface area contributed by atoms with Crippen molar-refractivity contribution in [1.29, 1.82) is 0 Å². The fraction of sp³-hybridized carbons (Fsp3) is 0.210. The number of fused-ring (bicyclic) bond motifs is 4. The van der Waals surface area contributed by atoms with Crippen LogP contribution in [0.25, 0.3) is 12.2 Å². The molecule has 0 atom stereocenters. The molecule has 0 fully saturated rings. The van der Waals surface area contributed by atoms with E-state index in [1.165, 1.54) is 11.1 Å². The van der Waals surface area contributed by atoms with Crippen LogP contribution < -0.4 is 52.3 Å². The van der Waals surface area contributed by atoms with Gasteiger partial charge in [0.25, 0.3) is 0 Å². The summed E-state index contributed by atoms with van der Waals surface area (Å²) >= 11 is 3.32. The predicted octanol–water partition coefficient (Wildman–Crippen LogP) is 20.1. The zero-order valence-electron chi connectivity index (χ0n) is 55.9. The van der Waals surface area contributed by atoms with E-state index in [4.69, 9.17) is 47.4 Å². The van der Waals surface area contributed by atoms with Gasteiger partial charge in [0, 0.05) is 40.8 Å². The van der Waals surface area contributed by atoms with Crippen LogP contribution in [0, 0.1) is 0 Å². The molecular formula is C81H80BrNO14S2. The first-order chi connectivity index (χ1) is 48.2. The second-order valence-electron chi connectivity index (χ2n) is 23.0. The van der Waals surface area contributed by atoms with E-state index >= 15 is 0 Å². The van der Waals surface area contributed by atoms with Gasteiger partial charge >= 0.3 is 0 Å². The molecule has 2 aliphatic heterocycles. The maximum absolute atomic E-state index is 13.6. The Morgan fingerprint density at radius 1 is 0.364 bits per heavy atom. The van der Waals surface area contributed by atoms with Gasteiger partial charge in [-0.2, -0.15) is 0 Å². The molecule has 0 N–H and O–H groups in total. The Labute approximate surface area is 589 Å². The van der Waals surface area contributed by atoms with Gasteiger partial charge in [0.1, 0.15) is 57.5 Å². The number of ether oxygens (including phenoxy) is 10. The van der Waals surface area contributed by atoms with Gasteiger partial charge in [0.15, 0.2) is 11.5 Å². The van der Waals surface area contributed by atoms with Crippen molar-refractivity contribution in [3.8, 4) is 69.0 Å². The summed E-state index contributed by atoms with van der Waals surface area (Å²) in [5.41, 5.74) is 6.87. The third-order valence-corrected chi connectivity index (χ3v) is 20.5. The SMILES string of the molecule is C=Cc1ccc(OCCCCCCOc2ccc(S(=O)(=O)c3ccc(Br)cc3)cc2)cc1.C=Cc1ccc(OCCCCCCOc2ccc(S(=O)(=O)c3ccc(N4c5ccc(OC)cc5Oc5cc(OC)ccc54)cc3)cc2)cc1.COc1ccc2c(c1)Oc1cc(OC)ccc1C2. The first-order valence-corrected chi connectivity index (χ1v) is 36.3. The van der Waals surface area contributed by atoms with Crippen molar-refractivity contribution < 1.29 is 64.2 Å². The van der Waals surface area contributed by atoms with Crippen molar-refractivity contribution in [1.82, 2.24) is 0 Å². The minimum Gasteiger partial charge on any atom is -0.497 e. The van der Waals surface area contributed by atoms with E-state index in [0.717, 1.165) is 125 Å². The average molecular weight is 1440 g/mol. The summed E-state index contributed by atoms with van der Waals surface area (Å²) in [5.74, 6) is 8.91. The van der Waals surface area contributed by atoms with Crippen molar-refractivity contribution in [2.75, 3.05) is 59.8 Å². The number of methoxy groups -OCH3 is 4. The number of hydrogen-bond acceptors (Lipinski definition) is 15. The molecule has 512 valence electrons. The number of anilines is 3. The summed E-state index contributed by atoms with van der Waals surface area (Å²) < 4.78 is 110. The Balaban J connectivity index is 0.000000180. The van der Waals surface area contributed by atoms with Crippen molar-refractivity contribution in [3.63, 3.8) is 0 Å². The topological polar surface area (TPSA) is 164 Å². The first kappa shape index (κ1) is 71.6. The van der Waals surface area contributed by atoms with Crippen LogP contribution in [0.15, 0.2) is 256 Å². The molecule has 15 nitrogen and oxygen atoms in total. The van der Waals surface area contributed by atoms with Gasteiger partial charge in [-0.1, -0.05) is 77.6 Å². The van der Waals surface area contributed by atoms with Crippen LogP contribution in [0.2, 0.25) is 0 Å². The normalized spacial score (nSPS) is 11.7. The van der Waals surface area contributed by atoms with E-state index in [0.29, 0.717) is 60.9 Å². The lowest BCUT2D eigenvalue weighted by Gasteiger charge is -2.33. The molecule has 0 amide bonds. The molecule has 0 bridgehead atoms. The zero-order chi connectivity index (χ0) is 69.6. The summed E-state index contributed by atoms with van der Waals surface area (Å²) in [7, 11) is -0.764. The molecule has 10 aromatic rings. The van der Waals surface area contributed by atoms with Gasteiger partial charge in [-0.05, 0) is 231 Å². The first-order valence-electron chi connectivity index (χ1n) is 32.6. The number of benzene rings is 10. The summed E-state index contributed by atoms with van der Waals surface area (Å²) in [4.78, 5) is 2.94. The molecule has 18 heteroatoms. The van der Waals surface area contributed by atoms with Gasteiger partial charge in [-0.3, -0.25) is 0 Å². The lowest BCUT2D eigenvalue weighted by Crippen LogP contribution is -2.16. The third kappa shape index (κ3) is 19.2. The highest BCUT2D eigenvalue weighted by Gasteiger charge is 2.28. The van der Waals surface area contributed by atoms with Crippen molar-refractivity contribution in [2.24, 2.45) is 0 Å². The van der Waals surface area contributed by atoms with Crippen LogP contribution >= 0.6 is 15.9 Å². The number of halogens is 1. The van der Waals surface area contributed by atoms with E-state index in [9.17, 15) is 16.8 Å². The van der Waals surface area contributed by atoms with E-state index in [1.54, 1.807) is 126 Å². The molecule has 0 spiro atoms. The molecular weight excluding hydrogens is 1350 g/mol. The quantitative estimate of drug-likeness (QED) is 0.0407. The molecule has 0 unspecified atom stereocenters. The molecule has 12 rings (SSSR count). The van der Waals surface area contributed by atoms with E-state index < -0.39 is 19.7 Å². The smallest absolute Gasteiger partial charge is 0.206 e. The van der Waals surface area contributed by atoms with E-state index in [-0.39, 0.29) is 19.6 Å². The summed E-state index contributed by atoms with van der Waals surface area (Å²) in [6, 6.07) is 65.4. The predicted molar refractivity (Wildman–Crippen MR) is 393 cm³/mol. The Hall–Kier alpha value is -10.1. The maximum atomic E-state index is 13.6. The number of hydrogen-bond donors (Lipinski definition) is 0. The molecule has 99 heavy (non-hydrogen) atoms. The fourth-order valence-corrected chi connectivity index (χ4v) is 13.6. The number of rotatable bonds is 29. The van der Waals surface area contributed by atoms with Crippen molar-refractivity contribution >= 4 is 64.8 Å². The summed E-state index contributed by atoms with van der Waals surface area (Å²) in [6.07, 6.45) is 12.5. The fourth-order valence-electron chi connectivity index (χ4n) is 10.8. The maximum Gasteiger partial charge on any atom is 0.206 e. The highest BCUT2D eigenvalue weighted by molar-refractivity contribution is 9.10. The lowest BCUT2D eigenvalue weighted by molar-refractivity contribution is 0.287. The van der Waals surface area contributed by atoms with E-state index in [2.05, 4.69) is 29.1 Å². The molecule has 0 aliphatic carbocycles. The van der Waals surface area contributed by atoms with Crippen LogP contribution in [0.1, 0.15) is 73.6 Å². The Morgan fingerprint density at radius 3 is 0.980 bits per heavy atom. The number of unbranched alkanes of at least 4 members (excludes halogenated alkanes) is 6. The molecule has 2 aliphatic rings. The molecule has 0 saturated carbocycles. The standard InChI is InChI=1S/C40H39NO7S.C26H27BrO4S.C15H14O3/c1-4-29-9-13-31(14-10-29)46-25-7-5-6-8-26-47-32-15-21-36(22-16-32)49(42,43)35-19-11-30(12-20-35)41-37-23-17-33(44-2)27-39(37)48-40-28-34(45-3)18-24-38(40)41;1-2-21-7-11-23(12-8-21)30-19-5-3-4-6-20-31-24-13-17-26(18-14-24)32(28,29)25-15-9-22(27)10-16-25;1-16-12-5-3-10-7-11-4-6-13(17-2)9-15(11)18-14(10)8-12/h4,9-24,27-28H,1,5-8,25-26H2,2-3H3;2,7-18H,1,3-6,19-20H2;3-6,8-9H,7H2,1-2H3. The molecule has 0 aromatic heterocycles. The monoisotopic (exact) mass is 1430 g/mol.